The second-order valence-corrected chi connectivity index (χ2v) is 9.17. The molecule has 32 heavy (non-hydrogen) atoms. The first-order chi connectivity index (χ1) is 15.5. The summed E-state index contributed by atoms with van der Waals surface area (Å²) in [7, 11) is 0. The molecule has 1 aromatic heterocycles. The van der Waals surface area contributed by atoms with Crippen LogP contribution in [0.5, 0.6) is 0 Å². The highest BCUT2D eigenvalue weighted by molar-refractivity contribution is 9.10. The molecule has 7 heteroatoms. The molecule has 5 nitrogen and oxygen atoms in total. The monoisotopic (exact) mass is 502 g/mol. The van der Waals surface area contributed by atoms with Crippen molar-refractivity contribution >= 4 is 72.5 Å². The van der Waals surface area contributed by atoms with Gasteiger partial charge >= 0.3 is 0 Å². The Bertz CT molecular complexity index is 1390. The summed E-state index contributed by atoms with van der Waals surface area (Å²) < 4.78 is 0.847. The summed E-state index contributed by atoms with van der Waals surface area (Å²) in [6.07, 6.45) is 1.74. The van der Waals surface area contributed by atoms with Crippen molar-refractivity contribution in [3.05, 3.63) is 93.3 Å². The maximum Gasteiger partial charge on any atom is 0.293 e. The van der Waals surface area contributed by atoms with Crippen LogP contribution in [0.25, 0.3) is 27.9 Å². The Morgan fingerprint density at radius 3 is 2.12 bits per heavy atom. The number of pyridine rings is 1. The molecule has 0 atom stereocenters. The van der Waals surface area contributed by atoms with E-state index in [1.807, 2.05) is 48.5 Å². The molecule has 2 amide bonds. The highest BCUT2D eigenvalue weighted by atomic mass is 79.9. The number of amides is 2. The fraction of sp³-hybridized carbons (Fsp3) is 0.0400. The first kappa shape index (κ1) is 20.6. The van der Waals surface area contributed by atoms with E-state index in [9.17, 15) is 14.4 Å². The fourth-order valence-electron chi connectivity index (χ4n) is 3.67. The summed E-state index contributed by atoms with van der Waals surface area (Å²) in [6, 6.07) is 22.2. The number of hydrogen-bond donors (Lipinski definition) is 0. The third kappa shape index (κ3) is 3.74. The zero-order valence-corrected chi connectivity index (χ0v) is 19.0. The van der Waals surface area contributed by atoms with Gasteiger partial charge in [0.1, 0.15) is 0 Å². The summed E-state index contributed by atoms with van der Waals surface area (Å²) >= 11 is 4.18. The van der Waals surface area contributed by atoms with Gasteiger partial charge in [0.15, 0.2) is 5.78 Å². The van der Waals surface area contributed by atoms with Gasteiger partial charge in [0.2, 0.25) is 0 Å². The fourth-order valence-corrected chi connectivity index (χ4v) is 4.75. The number of carbonyl (C=O) groups is 3. The molecule has 0 N–H and O–H groups in total. The van der Waals surface area contributed by atoms with E-state index in [2.05, 4.69) is 15.9 Å². The molecule has 1 aliphatic rings. The quantitative estimate of drug-likeness (QED) is 0.192. The number of carbonyl (C=O) groups excluding carboxylic acids is 3. The molecular weight excluding hydrogens is 488 g/mol. The van der Waals surface area contributed by atoms with E-state index in [0.717, 1.165) is 48.5 Å². The van der Waals surface area contributed by atoms with Crippen LogP contribution >= 0.6 is 27.7 Å². The minimum Gasteiger partial charge on any atom is -0.292 e. The van der Waals surface area contributed by atoms with Gasteiger partial charge in [-0.05, 0) is 47.7 Å². The van der Waals surface area contributed by atoms with E-state index >= 15 is 0 Å². The summed E-state index contributed by atoms with van der Waals surface area (Å²) in [5.41, 5.74) is 2.89. The minimum absolute atomic E-state index is 0.290. The molecule has 0 unspecified atom stereocenters. The number of hydrogen-bond acceptors (Lipinski definition) is 5. The number of nitrogens with zero attached hydrogens (tertiary/aromatic N) is 2. The van der Waals surface area contributed by atoms with Gasteiger partial charge in [0.25, 0.3) is 11.1 Å². The van der Waals surface area contributed by atoms with Gasteiger partial charge in [-0.3, -0.25) is 19.3 Å². The summed E-state index contributed by atoms with van der Waals surface area (Å²) in [4.78, 5) is 44.3. The normalized spacial score (nSPS) is 15.3. The first-order valence-corrected chi connectivity index (χ1v) is 11.4. The Balaban J connectivity index is 1.52. The van der Waals surface area contributed by atoms with Crippen LogP contribution in [0, 0.1) is 0 Å². The smallest absolute Gasteiger partial charge is 0.292 e. The zero-order chi connectivity index (χ0) is 22.2. The molecule has 1 saturated heterocycles. The van der Waals surface area contributed by atoms with Gasteiger partial charge in [-0.15, -0.1) is 0 Å². The number of thioether (sulfide) groups is 1. The van der Waals surface area contributed by atoms with Crippen molar-refractivity contribution in [1.82, 2.24) is 9.88 Å². The average Bonchev–Trinajstić information content (AvgIpc) is 3.06. The van der Waals surface area contributed by atoms with Gasteiger partial charge < -0.3 is 0 Å². The Morgan fingerprint density at radius 1 is 0.906 bits per heavy atom. The summed E-state index contributed by atoms with van der Waals surface area (Å²) in [6.45, 7) is -0.290. The van der Waals surface area contributed by atoms with E-state index < -0.39 is 11.1 Å². The van der Waals surface area contributed by atoms with Crippen LogP contribution in [0.4, 0.5) is 4.79 Å². The number of ketones is 1. The molecule has 0 saturated carbocycles. The number of rotatable bonds is 4. The lowest BCUT2D eigenvalue weighted by molar-refractivity contribution is -0.122. The van der Waals surface area contributed by atoms with Gasteiger partial charge in [0, 0.05) is 20.8 Å². The van der Waals surface area contributed by atoms with Crippen molar-refractivity contribution in [3.63, 3.8) is 0 Å². The highest BCUT2D eigenvalue weighted by Crippen LogP contribution is 2.35. The van der Waals surface area contributed by atoms with Crippen LogP contribution in [0.3, 0.4) is 0 Å². The second kappa shape index (κ2) is 8.33. The number of imide groups is 1. The average molecular weight is 503 g/mol. The molecule has 0 radical (unpaired) electrons. The van der Waals surface area contributed by atoms with Crippen molar-refractivity contribution in [3.8, 4) is 0 Å². The lowest BCUT2D eigenvalue weighted by Crippen LogP contribution is -2.33. The molecule has 2 heterocycles. The molecular formula is C25H15BrN2O3S. The third-order valence-electron chi connectivity index (χ3n) is 5.25. The van der Waals surface area contributed by atoms with Crippen molar-refractivity contribution < 1.29 is 14.4 Å². The molecule has 0 spiro atoms. The Morgan fingerprint density at radius 2 is 1.50 bits per heavy atom. The molecule has 156 valence electrons. The molecule has 4 aromatic rings. The number of para-hydroxylation sites is 2. The van der Waals surface area contributed by atoms with E-state index in [1.165, 1.54) is 0 Å². The van der Waals surface area contributed by atoms with Crippen LogP contribution < -0.4 is 0 Å². The van der Waals surface area contributed by atoms with Gasteiger partial charge in [-0.2, -0.15) is 0 Å². The van der Waals surface area contributed by atoms with Gasteiger partial charge in [0.05, 0.1) is 22.5 Å². The van der Waals surface area contributed by atoms with E-state index in [-0.39, 0.29) is 12.3 Å². The molecule has 1 fully saturated rings. The largest absolute Gasteiger partial charge is 0.293 e. The summed E-state index contributed by atoms with van der Waals surface area (Å²) in [5.74, 6) is -0.753. The Kier molecular flexibility index (Phi) is 5.36. The second-order valence-electron chi connectivity index (χ2n) is 7.26. The standard InChI is InChI=1S/C25H15BrN2O3S/c26-16-11-9-15(10-12-16)22(29)14-28-24(30)23(32-25(28)31)13-19-17-5-1-3-7-20(17)27-21-8-4-2-6-18(19)21/h1-13H,14H2. The Labute approximate surface area is 196 Å². The van der Waals surface area contributed by atoms with Crippen LogP contribution in [0.1, 0.15) is 15.9 Å². The predicted molar refractivity (Wildman–Crippen MR) is 130 cm³/mol. The molecule has 3 aromatic carbocycles. The minimum atomic E-state index is -0.463. The van der Waals surface area contributed by atoms with E-state index in [1.54, 1.807) is 30.3 Å². The SMILES string of the molecule is O=C(CN1C(=O)SC(=Cc2c3ccccc3nc3ccccc23)C1=O)c1ccc(Br)cc1. The summed E-state index contributed by atoms with van der Waals surface area (Å²) in [5, 5.41) is 1.34. The van der Waals surface area contributed by atoms with Crippen molar-refractivity contribution in [2.24, 2.45) is 0 Å². The van der Waals surface area contributed by atoms with Crippen molar-refractivity contribution in [1.29, 1.82) is 0 Å². The number of halogens is 1. The maximum atomic E-state index is 13.1. The molecule has 1 aliphatic heterocycles. The van der Waals surface area contributed by atoms with Crippen LogP contribution in [-0.4, -0.2) is 33.4 Å². The van der Waals surface area contributed by atoms with Crippen LogP contribution in [-0.2, 0) is 4.79 Å². The van der Waals surface area contributed by atoms with E-state index in [4.69, 9.17) is 4.98 Å². The predicted octanol–water partition coefficient (Wildman–Crippen LogP) is 6.07. The van der Waals surface area contributed by atoms with E-state index in [0.29, 0.717) is 10.5 Å². The van der Waals surface area contributed by atoms with Gasteiger partial charge in [-0.1, -0.05) is 64.5 Å². The van der Waals surface area contributed by atoms with Crippen molar-refractivity contribution in [2.75, 3.05) is 6.54 Å². The molecule has 5 rings (SSSR count). The lowest BCUT2D eigenvalue weighted by Gasteiger charge is -2.11. The number of benzene rings is 3. The Hall–Kier alpha value is -3.29. The maximum absolute atomic E-state index is 13.1. The van der Waals surface area contributed by atoms with Crippen LogP contribution in [0.2, 0.25) is 0 Å². The number of fused-ring (bicyclic) bond motifs is 2. The topological polar surface area (TPSA) is 67.3 Å². The third-order valence-corrected chi connectivity index (χ3v) is 6.68. The zero-order valence-electron chi connectivity index (χ0n) is 16.6. The van der Waals surface area contributed by atoms with Crippen molar-refractivity contribution in [2.45, 2.75) is 0 Å². The van der Waals surface area contributed by atoms with Gasteiger partial charge in [-0.25, -0.2) is 4.98 Å². The van der Waals surface area contributed by atoms with Crippen LogP contribution in [0.15, 0.2) is 82.2 Å². The molecule has 0 bridgehead atoms. The number of Topliss-reactive ketones (excluding diaryl/α,β-unsaturated/α-hetero) is 1. The first-order valence-electron chi connectivity index (χ1n) is 9.83. The molecule has 0 aliphatic carbocycles. The number of aromatic nitrogens is 1. The lowest BCUT2D eigenvalue weighted by atomic mass is 10.0. The highest BCUT2D eigenvalue weighted by Gasteiger charge is 2.36.